The van der Waals surface area contributed by atoms with Crippen molar-refractivity contribution in [3.8, 4) is 0 Å². The van der Waals surface area contributed by atoms with Crippen LogP contribution in [0.3, 0.4) is 0 Å². The third kappa shape index (κ3) is 2.37. The van der Waals surface area contributed by atoms with Crippen molar-refractivity contribution < 1.29 is 4.74 Å². The molecule has 0 saturated heterocycles. The number of aromatic nitrogens is 1. The summed E-state index contributed by atoms with van der Waals surface area (Å²) in [5, 5.41) is 3.61. The fraction of sp³-hybridized carbons (Fsp3) is 0.667. The number of nitrogens with one attached hydrogen (secondary N) is 1. The molecule has 1 aliphatic rings. The lowest BCUT2D eigenvalue weighted by Crippen LogP contribution is -2.58. The SMILES string of the molecule is CCOC1CC(Nc2ccc(C)nc2C)C1(C)C. The van der Waals surface area contributed by atoms with Gasteiger partial charge >= 0.3 is 0 Å². The molecule has 18 heavy (non-hydrogen) atoms. The molecule has 0 amide bonds. The minimum atomic E-state index is 0.188. The molecule has 1 aliphatic carbocycles. The summed E-state index contributed by atoms with van der Waals surface area (Å²) in [6.07, 6.45) is 1.45. The van der Waals surface area contributed by atoms with Crippen molar-refractivity contribution in [2.75, 3.05) is 11.9 Å². The average molecular weight is 248 g/mol. The van der Waals surface area contributed by atoms with E-state index in [1.165, 1.54) is 0 Å². The normalized spacial score (nSPS) is 25.6. The first-order chi connectivity index (χ1) is 8.45. The average Bonchev–Trinajstić information content (AvgIpc) is 2.30. The molecule has 1 aromatic heterocycles. The zero-order chi connectivity index (χ0) is 13.3. The summed E-state index contributed by atoms with van der Waals surface area (Å²) in [7, 11) is 0. The summed E-state index contributed by atoms with van der Waals surface area (Å²) in [6.45, 7) is 11.5. The number of pyridine rings is 1. The van der Waals surface area contributed by atoms with Crippen LogP contribution >= 0.6 is 0 Å². The number of ether oxygens (including phenoxy) is 1. The maximum Gasteiger partial charge on any atom is 0.0665 e. The molecule has 100 valence electrons. The first kappa shape index (κ1) is 13.3. The number of anilines is 1. The summed E-state index contributed by atoms with van der Waals surface area (Å²) in [6, 6.07) is 4.65. The third-order valence-corrected chi connectivity index (χ3v) is 4.10. The summed E-state index contributed by atoms with van der Waals surface area (Å²) in [5.41, 5.74) is 3.48. The van der Waals surface area contributed by atoms with Crippen LogP contribution < -0.4 is 5.32 Å². The second-order valence-electron chi connectivity index (χ2n) is 5.78. The predicted octanol–water partition coefficient (Wildman–Crippen LogP) is 3.31. The number of hydrogen-bond acceptors (Lipinski definition) is 3. The number of rotatable bonds is 4. The van der Waals surface area contributed by atoms with Crippen LogP contribution in [0.2, 0.25) is 0 Å². The molecule has 1 N–H and O–H groups in total. The zero-order valence-corrected chi connectivity index (χ0v) is 12.1. The van der Waals surface area contributed by atoms with Gasteiger partial charge in [-0.25, -0.2) is 0 Å². The van der Waals surface area contributed by atoms with Gasteiger partial charge in [-0.2, -0.15) is 0 Å². The van der Waals surface area contributed by atoms with Gasteiger partial charge in [-0.3, -0.25) is 4.98 Å². The highest BCUT2D eigenvalue weighted by atomic mass is 16.5. The Hall–Kier alpha value is -1.09. The maximum atomic E-state index is 5.75. The van der Waals surface area contributed by atoms with E-state index in [1.807, 2.05) is 6.92 Å². The van der Waals surface area contributed by atoms with Crippen molar-refractivity contribution in [3.05, 3.63) is 23.5 Å². The highest BCUT2D eigenvalue weighted by molar-refractivity contribution is 5.49. The van der Waals surface area contributed by atoms with E-state index in [-0.39, 0.29) is 5.41 Å². The van der Waals surface area contributed by atoms with Crippen LogP contribution in [0.1, 0.15) is 38.6 Å². The second-order valence-corrected chi connectivity index (χ2v) is 5.78. The van der Waals surface area contributed by atoms with E-state index in [2.05, 4.69) is 50.1 Å². The highest BCUT2D eigenvalue weighted by Crippen LogP contribution is 2.44. The second kappa shape index (κ2) is 4.88. The monoisotopic (exact) mass is 248 g/mol. The number of aryl methyl sites for hydroxylation is 2. The van der Waals surface area contributed by atoms with E-state index in [0.717, 1.165) is 30.1 Å². The predicted molar refractivity (Wildman–Crippen MR) is 74.9 cm³/mol. The van der Waals surface area contributed by atoms with Gasteiger partial charge in [0.05, 0.1) is 17.5 Å². The van der Waals surface area contributed by atoms with Crippen LogP contribution in [0, 0.1) is 19.3 Å². The van der Waals surface area contributed by atoms with Crippen LogP contribution in [0.5, 0.6) is 0 Å². The molecule has 2 rings (SSSR count). The number of hydrogen-bond donors (Lipinski definition) is 1. The van der Waals surface area contributed by atoms with Crippen molar-refractivity contribution in [3.63, 3.8) is 0 Å². The molecule has 0 aliphatic heterocycles. The fourth-order valence-corrected chi connectivity index (χ4v) is 2.64. The highest BCUT2D eigenvalue weighted by Gasteiger charge is 2.48. The Morgan fingerprint density at radius 1 is 1.39 bits per heavy atom. The minimum absolute atomic E-state index is 0.188. The van der Waals surface area contributed by atoms with Gasteiger partial charge in [-0.05, 0) is 39.3 Å². The van der Waals surface area contributed by atoms with Crippen molar-refractivity contribution in [2.24, 2.45) is 5.41 Å². The molecule has 1 heterocycles. The van der Waals surface area contributed by atoms with E-state index in [1.54, 1.807) is 0 Å². The van der Waals surface area contributed by atoms with Crippen LogP contribution in [0.15, 0.2) is 12.1 Å². The van der Waals surface area contributed by atoms with Gasteiger partial charge in [0.1, 0.15) is 0 Å². The van der Waals surface area contributed by atoms with Crippen LogP contribution in [-0.2, 0) is 4.74 Å². The van der Waals surface area contributed by atoms with Crippen molar-refractivity contribution in [1.82, 2.24) is 4.98 Å². The van der Waals surface area contributed by atoms with Gasteiger partial charge in [0.25, 0.3) is 0 Å². The molecule has 3 heteroatoms. The summed E-state index contributed by atoms with van der Waals surface area (Å²) in [5.74, 6) is 0. The molecule has 0 bridgehead atoms. The smallest absolute Gasteiger partial charge is 0.0665 e. The first-order valence-electron chi connectivity index (χ1n) is 6.77. The van der Waals surface area contributed by atoms with E-state index >= 15 is 0 Å². The molecular weight excluding hydrogens is 224 g/mol. The molecule has 0 radical (unpaired) electrons. The van der Waals surface area contributed by atoms with Gasteiger partial charge in [0, 0.05) is 23.8 Å². The van der Waals surface area contributed by atoms with E-state index in [4.69, 9.17) is 4.74 Å². The molecular formula is C15H24N2O. The lowest BCUT2D eigenvalue weighted by Gasteiger charge is -2.52. The fourth-order valence-electron chi connectivity index (χ4n) is 2.64. The topological polar surface area (TPSA) is 34.1 Å². The van der Waals surface area contributed by atoms with Gasteiger partial charge in [0.15, 0.2) is 0 Å². The first-order valence-corrected chi connectivity index (χ1v) is 6.77. The Morgan fingerprint density at radius 2 is 2.11 bits per heavy atom. The molecule has 3 nitrogen and oxygen atoms in total. The molecule has 0 aromatic carbocycles. The quantitative estimate of drug-likeness (QED) is 0.887. The summed E-state index contributed by atoms with van der Waals surface area (Å²) >= 11 is 0. The Bertz CT molecular complexity index is 429. The largest absolute Gasteiger partial charge is 0.380 e. The van der Waals surface area contributed by atoms with Crippen LogP contribution in [0.4, 0.5) is 5.69 Å². The van der Waals surface area contributed by atoms with Gasteiger partial charge < -0.3 is 10.1 Å². The lowest BCUT2D eigenvalue weighted by molar-refractivity contribution is -0.0976. The lowest BCUT2D eigenvalue weighted by atomic mass is 9.64. The van der Waals surface area contributed by atoms with E-state index < -0.39 is 0 Å². The third-order valence-electron chi connectivity index (χ3n) is 4.10. The summed E-state index contributed by atoms with van der Waals surface area (Å²) in [4.78, 5) is 4.49. The van der Waals surface area contributed by atoms with Crippen LogP contribution in [0.25, 0.3) is 0 Å². The molecule has 2 unspecified atom stereocenters. The van der Waals surface area contributed by atoms with E-state index in [0.29, 0.717) is 12.1 Å². The Kier molecular flexibility index (Phi) is 3.62. The minimum Gasteiger partial charge on any atom is -0.380 e. The Balaban J connectivity index is 2.03. The molecule has 1 fully saturated rings. The zero-order valence-electron chi connectivity index (χ0n) is 12.1. The van der Waals surface area contributed by atoms with E-state index in [9.17, 15) is 0 Å². The van der Waals surface area contributed by atoms with Gasteiger partial charge in [-0.1, -0.05) is 13.8 Å². The molecule has 0 spiro atoms. The Labute approximate surface area is 110 Å². The van der Waals surface area contributed by atoms with Crippen molar-refractivity contribution in [2.45, 2.75) is 53.2 Å². The molecule has 1 aromatic rings. The summed E-state index contributed by atoms with van der Waals surface area (Å²) < 4.78 is 5.75. The number of nitrogens with zero attached hydrogens (tertiary/aromatic N) is 1. The van der Waals surface area contributed by atoms with Crippen LogP contribution in [-0.4, -0.2) is 23.7 Å². The standard InChI is InChI=1S/C15H24N2O/c1-6-18-14-9-13(15(14,4)5)17-12-8-7-10(2)16-11(12)3/h7-8,13-14,17H,6,9H2,1-5H3. The van der Waals surface area contributed by atoms with Crippen molar-refractivity contribution >= 4 is 5.69 Å². The molecule has 2 atom stereocenters. The molecule has 1 saturated carbocycles. The Morgan fingerprint density at radius 3 is 2.67 bits per heavy atom. The van der Waals surface area contributed by atoms with Crippen molar-refractivity contribution in [1.29, 1.82) is 0 Å². The van der Waals surface area contributed by atoms with Gasteiger partial charge in [0.2, 0.25) is 0 Å². The van der Waals surface area contributed by atoms with Gasteiger partial charge in [-0.15, -0.1) is 0 Å². The maximum absolute atomic E-state index is 5.75.